The Kier molecular flexibility index (Phi) is 0.918. The predicted molar refractivity (Wildman–Crippen MR) is 32.3 cm³/mol. The summed E-state index contributed by atoms with van der Waals surface area (Å²) in [6.07, 6.45) is 2.61. The smallest absolute Gasteiger partial charge is 0.216 e. The first-order valence-electron chi connectivity index (χ1n) is 2.94. The third kappa shape index (κ3) is 0.669. The van der Waals surface area contributed by atoms with Gasteiger partial charge in [0.05, 0.1) is 6.61 Å². The van der Waals surface area contributed by atoms with E-state index in [9.17, 15) is 0 Å². The second-order valence-corrected chi connectivity index (χ2v) is 2.00. The van der Waals surface area contributed by atoms with Crippen molar-refractivity contribution in [1.82, 2.24) is 4.98 Å². The summed E-state index contributed by atoms with van der Waals surface area (Å²) in [4.78, 5) is 3.98. The molecule has 1 aromatic heterocycles. The Morgan fingerprint density at radius 3 is 3.56 bits per heavy atom. The first-order valence-corrected chi connectivity index (χ1v) is 2.94. The fraction of sp³-hybridized carbons (Fsp3) is 0.286. The molecule has 1 aliphatic rings. The lowest BCUT2D eigenvalue weighted by Crippen LogP contribution is -1.87. The highest BCUT2D eigenvalue weighted by Crippen LogP contribution is 2.19. The lowest BCUT2D eigenvalue weighted by atomic mass is 10.2. The van der Waals surface area contributed by atoms with Crippen LogP contribution in [0.1, 0.15) is 5.56 Å². The van der Waals surface area contributed by atoms with Gasteiger partial charge in [0, 0.05) is 24.2 Å². The van der Waals surface area contributed by atoms with Crippen LogP contribution >= 0.6 is 0 Å². The Bertz CT molecular complexity index is 199. The van der Waals surface area contributed by atoms with Crippen molar-refractivity contribution in [2.45, 2.75) is 6.42 Å². The van der Waals surface area contributed by atoms with E-state index < -0.39 is 0 Å². The van der Waals surface area contributed by atoms with E-state index >= 15 is 0 Å². The molecular formula is C7H6NO. The number of pyridine rings is 1. The van der Waals surface area contributed by atoms with Crippen molar-refractivity contribution < 1.29 is 4.74 Å². The minimum atomic E-state index is 0.778. The summed E-state index contributed by atoms with van der Waals surface area (Å²) in [5, 5.41) is 0. The first kappa shape index (κ1) is 4.79. The van der Waals surface area contributed by atoms with Gasteiger partial charge in [0.1, 0.15) is 0 Å². The highest BCUT2D eigenvalue weighted by molar-refractivity contribution is 5.27. The maximum absolute atomic E-state index is 5.17. The minimum absolute atomic E-state index is 0.778. The van der Waals surface area contributed by atoms with Crippen LogP contribution in [0.3, 0.4) is 0 Å². The zero-order valence-corrected chi connectivity index (χ0v) is 4.92. The molecule has 0 amide bonds. The molecular weight excluding hydrogens is 114 g/mol. The molecule has 0 saturated carbocycles. The Morgan fingerprint density at radius 2 is 2.67 bits per heavy atom. The lowest BCUT2D eigenvalue weighted by molar-refractivity contribution is 0.345. The van der Waals surface area contributed by atoms with Crippen LogP contribution in [0.25, 0.3) is 0 Å². The Balaban J connectivity index is 2.54. The van der Waals surface area contributed by atoms with E-state index in [1.165, 1.54) is 5.56 Å². The molecule has 9 heavy (non-hydrogen) atoms. The van der Waals surface area contributed by atoms with Crippen LogP contribution < -0.4 is 4.74 Å². The summed E-state index contributed by atoms with van der Waals surface area (Å²) in [6.45, 7) is 0.778. The third-order valence-corrected chi connectivity index (χ3v) is 1.40. The van der Waals surface area contributed by atoms with Gasteiger partial charge in [-0.2, -0.15) is 0 Å². The number of rotatable bonds is 0. The number of aromatic nitrogens is 1. The average molecular weight is 120 g/mol. The Morgan fingerprint density at radius 1 is 1.67 bits per heavy atom. The largest absolute Gasteiger partial charge is 0.477 e. The minimum Gasteiger partial charge on any atom is -0.477 e. The molecule has 0 fully saturated rings. The normalized spacial score (nSPS) is 14.7. The standard InChI is InChI=1S/C7H6NO/c1-2-6-3-5-9-7(6)8-4-1/h2,4H,3,5H2. The van der Waals surface area contributed by atoms with Gasteiger partial charge < -0.3 is 4.74 Å². The average Bonchev–Trinajstić information content (AvgIpc) is 2.33. The van der Waals surface area contributed by atoms with Gasteiger partial charge in [-0.3, -0.25) is 0 Å². The molecule has 0 atom stereocenters. The number of hydrogen-bond acceptors (Lipinski definition) is 2. The molecule has 0 N–H and O–H groups in total. The van der Waals surface area contributed by atoms with Gasteiger partial charge >= 0.3 is 0 Å². The van der Waals surface area contributed by atoms with Gasteiger partial charge in [-0.25, -0.2) is 4.98 Å². The van der Waals surface area contributed by atoms with Crippen molar-refractivity contribution in [3.8, 4) is 5.88 Å². The molecule has 0 unspecified atom stereocenters. The second kappa shape index (κ2) is 1.72. The van der Waals surface area contributed by atoms with Gasteiger partial charge in [0.25, 0.3) is 0 Å². The van der Waals surface area contributed by atoms with E-state index in [-0.39, 0.29) is 0 Å². The zero-order chi connectivity index (χ0) is 6.10. The topological polar surface area (TPSA) is 22.1 Å². The SMILES string of the molecule is [c]1cnc2c(c1)CCO2. The molecule has 45 valence electrons. The van der Waals surface area contributed by atoms with E-state index in [4.69, 9.17) is 4.74 Å². The lowest BCUT2D eigenvalue weighted by Gasteiger charge is -1.91. The monoisotopic (exact) mass is 120 g/mol. The number of ether oxygens (including phenoxy) is 1. The van der Waals surface area contributed by atoms with Crippen molar-refractivity contribution in [2.75, 3.05) is 6.61 Å². The maximum Gasteiger partial charge on any atom is 0.216 e. The van der Waals surface area contributed by atoms with Crippen molar-refractivity contribution in [2.24, 2.45) is 0 Å². The summed E-state index contributed by atoms with van der Waals surface area (Å²) >= 11 is 0. The Labute approximate surface area is 53.5 Å². The van der Waals surface area contributed by atoms with Crippen molar-refractivity contribution in [3.05, 3.63) is 23.9 Å². The molecule has 0 aromatic carbocycles. The van der Waals surface area contributed by atoms with Crippen LogP contribution in [-0.4, -0.2) is 11.6 Å². The van der Waals surface area contributed by atoms with Gasteiger partial charge in [0.15, 0.2) is 0 Å². The molecule has 1 aromatic rings. The second-order valence-electron chi connectivity index (χ2n) is 2.00. The fourth-order valence-electron chi connectivity index (χ4n) is 0.945. The van der Waals surface area contributed by atoms with E-state index in [2.05, 4.69) is 11.1 Å². The summed E-state index contributed by atoms with van der Waals surface area (Å²) in [5.41, 5.74) is 1.18. The third-order valence-electron chi connectivity index (χ3n) is 1.40. The van der Waals surface area contributed by atoms with Crippen molar-refractivity contribution in [1.29, 1.82) is 0 Å². The number of nitrogens with zero attached hydrogens (tertiary/aromatic N) is 1. The van der Waals surface area contributed by atoms with Crippen LogP contribution in [0.5, 0.6) is 5.88 Å². The van der Waals surface area contributed by atoms with E-state index in [0.29, 0.717) is 0 Å². The first-order chi connectivity index (χ1) is 4.47. The molecule has 0 aliphatic carbocycles. The Hall–Kier alpha value is -1.05. The molecule has 1 aliphatic heterocycles. The van der Waals surface area contributed by atoms with Gasteiger partial charge in [-0.15, -0.1) is 0 Å². The maximum atomic E-state index is 5.17. The zero-order valence-electron chi connectivity index (χ0n) is 4.92. The molecule has 0 spiro atoms. The fourth-order valence-corrected chi connectivity index (χ4v) is 0.945. The predicted octanol–water partition coefficient (Wildman–Crippen LogP) is 0.817. The molecule has 2 rings (SSSR count). The summed E-state index contributed by atoms with van der Waals surface area (Å²) in [6, 6.07) is 4.83. The quantitative estimate of drug-likeness (QED) is 0.505. The summed E-state index contributed by atoms with van der Waals surface area (Å²) < 4.78 is 5.17. The number of fused-ring (bicyclic) bond motifs is 1. The van der Waals surface area contributed by atoms with Gasteiger partial charge in [-0.05, 0) is 6.07 Å². The summed E-state index contributed by atoms with van der Waals surface area (Å²) in [7, 11) is 0. The number of hydrogen-bond donors (Lipinski definition) is 0. The summed E-state index contributed by atoms with van der Waals surface area (Å²) in [5.74, 6) is 0.786. The van der Waals surface area contributed by atoms with Crippen LogP contribution in [0.15, 0.2) is 12.3 Å². The molecule has 2 nitrogen and oxygen atoms in total. The van der Waals surface area contributed by atoms with Crippen molar-refractivity contribution >= 4 is 0 Å². The van der Waals surface area contributed by atoms with E-state index in [1.807, 2.05) is 6.07 Å². The highest BCUT2D eigenvalue weighted by atomic mass is 16.5. The van der Waals surface area contributed by atoms with Crippen LogP contribution in [0, 0.1) is 6.07 Å². The van der Waals surface area contributed by atoms with Crippen molar-refractivity contribution in [3.63, 3.8) is 0 Å². The van der Waals surface area contributed by atoms with Crippen LogP contribution in [0.4, 0.5) is 0 Å². The van der Waals surface area contributed by atoms with Crippen LogP contribution in [-0.2, 0) is 6.42 Å². The van der Waals surface area contributed by atoms with E-state index in [1.54, 1.807) is 6.20 Å². The molecule has 2 heteroatoms. The molecule has 1 radical (unpaired) electrons. The van der Waals surface area contributed by atoms with E-state index in [0.717, 1.165) is 18.9 Å². The van der Waals surface area contributed by atoms with Crippen LogP contribution in [0.2, 0.25) is 0 Å². The molecule has 2 heterocycles. The molecule has 0 saturated heterocycles. The van der Waals surface area contributed by atoms with Gasteiger partial charge in [0.2, 0.25) is 5.88 Å². The molecule has 0 bridgehead atoms. The van der Waals surface area contributed by atoms with Gasteiger partial charge in [-0.1, -0.05) is 0 Å². The highest BCUT2D eigenvalue weighted by Gasteiger charge is 2.10.